The number of aromatic nitrogens is 1. The molecule has 1 amide bonds. The number of carbonyl (C=O) groups is 1. The van der Waals surface area contributed by atoms with Gasteiger partial charge in [-0.05, 0) is 54.5 Å². The van der Waals surface area contributed by atoms with Gasteiger partial charge in [-0.25, -0.2) is 4.39 Å². The zero-order valence-electron chi connectivity index (χ0n) is 14.0. The van der Waals surface area contributed by atoms with Gasteiger partial charge in [0, 0.05) is 29.6 Å². The summed E-state index contributed by atoms with van der Waals surface area (Å²) < 4.78 is 13.8. The number of halogens is 1. The first kappa shape index (κ1) is 15.9. The average Bonchev–Trinajstić information content (AvgIpc) is 3.39. The molecule has 1 fully saturated rings. The molecule has 0 bridgehead atoms. The Labute approximate surface area is 146 Å². The van der Waals surface area contributed by atoms with Gasteiger partial charge in [-0.15, -0.1) is 0 Å². The van der Waals surface area contributed by atoms with E-state index in [9.17, 15) is 9.18 Å². The molecule has 3 aromatic rings. The van der Waals surface area contributed by atoms with E-state index in [0.717, 1.165) is 34.3 Å². The predicted octanol–water partition coefficient (Wildman–Crippen LogP) is 4.43. The number of aromatic amines is 1. The van der Waals surface area contributed by atoms with Crippen LogP contribution < -0.4 is 5.32 Å². The summed E-state index contributed by atoms with van der Waals surface area (Å²) in [5.74, 6) is 0.480. The van der Waals surface area contributed by atoms with E-state index in [1.165, 1.54) is 18.9 Å². The fourth-order valence-electron chi connectivity index (χ4n) is 3.24. The number of rotatable bonds is 6. The van der Waals surface area contributed by atoms with Crippen LogP contribution >= 0.6 is 0 Å². The van der Waals surface area contributed by atoms with E-state index >= 15 is 0 Å². The molecular weight excluding hydrogens is 315 g/mol. The quantitative estimate of drug-likeness (QED) is 0.687. The summed E-state index contributed by atoms with van der Waals surface area (Å²) in [6, 6.07) is 14.7. The lowest BCUT2D eigenvalue weighted by Crippen LogP contribution is -2.25. The Morgan fingerprint density at radius 3 is 2.72 bits per heavy atom. The van der Waals surface area contributed by atoms with Gasteiger partial charge in [0.05, 0.1) is 0 Å². The summed E-state index contributed by atoms with van der Waals surface area (Å²) in [5, 5.41) is 3.86. The van der Waals surface area contributed by atoms with Crippen molar-refractivity contribution < 1.29 is 9.18 Å². The van der Waals surface area contributed by atoms with Gasteiger partial charge in [0.25, 0.3) is 0 Å². The van der Waals surface area contributed by atoms with Crippen LogP contribution in [0.2, 0.25) is 0 Å². The topological polar surface area (TPSA) is 44.9 Å². The molecule has 25 heavy (non-hydrogen) atoms. The van der Waals surface area contributed by atoms with Gasteiger partial charge in [-0.3, -0.25) is 4.79 Å². The summed E-state index contributed by atoms with van der Waals surface area (Å²) in [5.41, 5.74) is 3.92. The predicted molar refractivity (Wildman–Crippen MR) is 97.7 cm³/mol. The minimum atomic E-state index is -0.259. The molecule has 0 spiro atoms. The van der Waals surface area contributed by atoms with E-state index in [1.54, 1.807) is 12.1 Å². The standard InChI is InChI=1S/C21H21FN2O/c22-16-8-10-19-18(12-16)17(9-11-20(25)23-13-14-6-7-14)21(24-19)15-4-2-1-3-5-15/h1-5,8,10,12,14,24H,6-7,9,11,13H2,(H,23,25). The summed E-state index contributed by atoms with van der Waals surface area (Å²) in [6.45, 7) is 0.785. The molecule has 0 atom stereocenters. The van der Waals surface area contributed by atoms with Crippen molar-refractivity contribution in [1.29, 1.82) is 0 Å². The smallest absolute Gasteiger partial charge is 0.220 e. The maximum Gasteiger partial charge on any atom is 0.220 e. The van der Waals surface area contributed by atoms with Crippen LogP contribution in [0.3, 0.4) is 0 Å². The molecule has 1 aliphatic carbocycles. The molecule has 4 heteroatoms. The number of hydrogen-bond donors (Lipinski definition) is 2. The third-order valence-electron chi connectivity index (χ3n) is 4.82. The Bertz CT molecular complexity index is 897. The van der Waals surface area contributed by atoms with Crippen molar-refractivity contribution in [3.05, 3.63) is 59.9 Å². The average molecular weight is 336 g/mol. The Kier molecular flexibility index (Phi) is 4.26. The van der Waals surface area contributed by atoms with Gasteiger partial charge in [-0.1, -0.05) is 30.3 Å². The van der Waals surface area contributed by atoms with Gasteiger partial charge in [-0.2, -0.15) is 0 Å². The van der Waals surface area contributed by atoms with Gasteiger partial charge >= 0.3 is 0 Å². The maximum absolute atomic E-state index is 13.8. The molecule has 4 rings (SSSR count). The number of fused-ring (bicyclic) bond motifs is 1. The summed E-state index contributed by atoms with van der Waals surface area (Å²) in [4.78, 5) is 15.5. The monoisotopic (exact) mass is 336 g/mol. The first-order valence-electron chi connectivity index (χ1n) is 8.83. The molecule has 128 valence electrons. The third-order valence-corrected chi connectivity index (χ3v) is 4.82. The van der Waals surface area contributed by atoms with Gasteiger partial charge in [0.15, 0.2) is 0 Å². The minimum absolute atomic E-state index is 0.0664. The second-order valence-electron chi connectivity index (χ2n) is 6.78. The minimum Gasteiger partial charge on any atom is -0.356 e. The number of nitrogens with one attached hydrogen (secondary N) is 2. The van der Waals surface area contributed by atoms with E-state index in [1.807, 2.05) is 30.3 Å². The second kappa shape index (κ2) is 6.71. The summed E-state index contributed by atoms with van der Waals surface area (Å²) in [7, 11) is 0. The fraction of sp³-hybridized carbons (Fsp3) is 0.286. The van der Waals surface area contributed by atoms with Crippen LogP contribution in [0, 0.1) is 11.7 Å². The van der Waals surface area contributed by atoms with E-state index in [2.05, 4.69) is 10.3 Å². The van der Waals surface area contributed by atoms with Crippen molar-refractivity contribution in [2.45, 2.75) is 25.7 Å². The third kappa shape index (κ3) is 3.58. The molecule has 1 aromatic heterocycles. The van der Waals surface area contributed by atoms with Gasteiger partial charge < -0.3 is 10.3 Å². The molecule has 2 aromatic carbocycles. The highest BCUT2D eigenvalue weighted by Gasteiger charge is 2.22. The van der Waals surface area contributed by atoms with Crippen LogP contribution in [-0.4, -0.2) is 17.4 Å². The lowest BCUT2D eigenvalue weighted by atomic mass is 10.0. The maximum atomic E-state index is 13.8. The highest BCUT2D eigenvalue weighted by Crippen LogP contribution is 2.32. The van der Waals surface area contributed by atoms with Crippen LogP contribution in [0.25, 0.3) is 22.2 Å². The van der Waals surface area contributed by atoms with E-state index in [0.29, 0.717) is 18.8 Å². The van der Waals surface area contributed by atoms with Crippen molar-refractivity contribution in [3.63, 3.8) is 0 Å². The summed E-state index contributed by atoms with van der Waals surface area (Å²) in [6.07, 6.45) is 3.44. The number of hydrogen-bond acceptors (Lipinski definition) is 1. The largest absolute Gasteiger partial charge is 0.356 e. The van der Waals surface area contributed by atoms with Crippen LogP contribution in [0.4, 0.5) is 4.39 Å². The van der Waals surface area contributed by atoms with Crippen molar-refractivity contribution in [1.82, 2.24) is 10.3 Å². The molecule has 0 aliphatic heterocycles. The van der Waals surface area contributed by atoms with Crippen molar-refractivity contribution >= 4 is 16.8 Å². The fourth-order valence-corrected chi connectivity index (χ4v) is 3.24. The van der Waals surface area contributed by atoms with Crippen LogP contribution in [0.5, 0.6) is 0 Å². The SMILES string of the molecule is O=C(CCc1c(-c2ccccc2)[nH]c2ccc(F)cc12)NCC1CC1. The van der Waals surface area contributed by atoms with Crippen molar-refractivity contribution in [2.75, 3.05) is 6.54 Å². The number of H-pyrrole nitrogens is 1. The molecule has 1 heterocycles. The summed E-state index contributed by atoms with van der Waals surface area (Å²) >= 11 is 0. The normalized spacial score (nSPS) is 14.0. The molecule has 1 saturated carbocycles. The first-order valence-corrected chi connectivity index (χ1v) is 8.83. The first-order chi connectivity index (χ1) is 12.2. The number of aryl methyl sites for hydroxylation is 1. The highest BCUT2D eigenvalue weighted by atomic mass is 19.1. The molecule has 3 nitrogen and oxygen atoms in total. The van der Waals surface area contributed by atoms with Crippen molar-refractivity contribution in [2.24, 2.45) is 5.92 Å². The van der Waals surface area contributed by atoms with Crippen molar-refractivity contribution in [3.8, 4) is 11.3 Å². The van der Waals surface area contributed by atoms with Gasteiger partial charge in [0.1, 0.15) is 5.82 Å². The lowest BCUT2D eigenvalue weighted by molar-refractivity contribution is -0.121. The highest BCUT2D eigenvalue weighted by molar-refractivity contribution is 5.91. The zero-order chi connectivity index (χ0) is 17.2. The van der Waals surface area contributed by atoms with Crippen LogP contribution in [0.1, 0.15) is 24.8 Å². The molecule has 2 N–H and O–H groups in total. The molecule has 1 aliphatic rings. The second-order valence-corrected chi connectivity index (χ2v) is 6.78. The van der Waals surface area contributed by atoms with Crippen LogP contribution in [-0.2, 0) is 11.2 Å². The Balaban J connectivity index is 1.62. The lowest BCUT2D eigenvalue weighted by Gasteiger charge is -2.07. The molecule has 0 radical (unpaired) electrons. The number of carbonyl (C=O) groups excluding carboxylic acids is 1. The Morgan fingerprint density at radius 2 is 1.96 bits per heavy atom. The molecule has 0 saturated heterocycles. The van der Waals surface area contributed by atoms with Gasteiger partial charge in [0.2, 0.25) is 5.91 Å². The Morgan fingerprint density at radius 1 is 1.16 bits per heavy atom. The van der Waals surface area contributed by atoms with Crippen LogP contribution in [0.15, 0.2) is 48.5 Å². The molecule has 0 unspecified atom stereocenters. The number of amides is 1. The van der Waals surface area contributed by atoms with E-state index < -0.39 is 0 Å². The Hall–Kier alpha value is -2.62. The molecular formula is C21H21FN2O. The van der Waals surface area contributed by atoms with E-state index in [4.69, 9.17) is 0 Å². The zero-order valence-corrected chi connectivity index (χ0v) is 14.0. The number of benzene rings is 2. The van der Waals surface area contributed by atoms with E-state index in [-0.39, 0.29) is 11.7 Å².